The zero-order valence-corrected chi connectivity index (χ0v) is 14.1. The maximum absolute atomic E-state index is 11.4. The molecule has 1 saturated carbocycles. The predicted molar refractivity (Wildman–Crippen MR) is 86.9 cm³/mol. The molecule has 0 bridgehead atoms. The third kappa shape index (κ3) is 5.30. The van der Waals surface area contributed by atoms with Crippen LogP contribution in [0.3, 0.4) is 0 Å². The molecule has 0 aromatic carbocycles. The molecule has 1 heterocycles. The van der Waals surface area contributed by atoms with Crippen molar-refractivity contribution in [2.45, 2.75) is 58.9 Å². The molecular weight excluding hydrogens is 284 g/mol. The monoisotopic (exact) mass is 310 g/mol. The van der Waals surface area contributed by atoms with E-state index in [-0.39, 0.29) is 5.97 Å². The lowest BCUT2D eigenvalue weighted by atomic mass is 10.1. The van der Waals surface area contributed by atoms with Gasteiger partial charge < -0.3 is 9.64 Å². The van der Waals surface area contributed by atoms with Crippen LogP contribution in [-0.2, 0) is 16.0 Å². The average Bonchev–Trinajstić information content (AvgIpc) is 3.15. The van der Waals surface area contributed by atoms with Crippen molar-refractivity contribution in [2.24, 2.45) is 5.92 Å². The molecule has 0 amide bonds. The third-order valence-corrected chi connectivity index (χ3v) is 4.54. The van der Waals surface area contributed by atoms with Gasteiger partial charge in [-0.15, -0.1) is 11.3 Å². The number of nitrogens with zero attached hydrogens (tertiary/aromatic N) is 2. The third-order valence-electron chi connectivity index (χ3n) is 3.61. The Balaban J connectivity index is 1.88. The van der Waals surface area contributed by atoms with Crippen molar-refractivity contribution in [2.75, 3.05) is 18.1 Å². The molecule has 0 spiro atoms. The van der Waals surface area contributed by atoms with Crippen LogP contribution in [0.5, 0.6) is 0 Å². The standard InChI is InChI=1S/C16H26N2O2S/c1-4-20-15(19)8-5-13-11-21-16(17-13)18(14-6-7-14)10-9-12(2)3/h11-12,14H,4-10H2,1-3H3. The number of rotatable bonds is 9. The van der Waals surface area contributed by atoms with E-state index in [2.05, 4.69) is 24.1 Å². The van der Waals surface area contributed by atoms with Crippen LogP contribution in [0.2, 0.25) is 0 Å². The van der Waals surface area contributed by atoms with E-state index >= 15 is 0 Å². The Hall–Kier alpha value is -1.10. The lowest BCUT2D eigenvalue weighted by Gasteiger charge is -2.22. The van der Waals surface area contributed by atoms with Gasteiger partial charge in [0.15, 0.2) is 5.13 Å². The van der Waals surface area contributed by atoms with Crippen LogP contribution >= 0.6 is 11.3 Å². The fourth-order valence-corrected chi connectivity index (χ4v) is 3.18. The molecule has 118 valence electrons. The first-order valence-electron chi connectivity index (χ1n) is 7.96. The van der Waals surface area contributed by atoms with Gasteiger partial charge in [0.25, 0.3) is 0 Å². The smallest absolute Gasteiger partial charge is 0.306 e. The van der Waals surface area contributed by atoms with Crippen molar-refractivity contribution in [3.63, 3.8) is 0 Å². The molecule has 2 rings (SSSR count). The Morgan fingerprint density at radius 2 is 2.29 bits per heavy atom. The summed E-state index contributed by atoms with van der Waals surface area (Å²) in [5, 5.41) is 3.20. The minimum atomic E-state index is -0.133. The lowest BCUT2D eigenvalue weighted by Crippen LogP contribution is -2.27. The summed E-state index contributed by atoms with van der Waals surface area (Å²) in [6.45, 7) is 7.90. The Kier molecular flexibility index (Phi) is 6.03. The SMILES string of the molecule is CCOC(=O)CCc1csc(N(CCC(C)C)C2CC2)n1. The molecule has 1 aromatic heterocycles. The van der Waals surface area contributed by atoms with E-state index in [1.165, 1.54) is 19.3 Å². The number of aromatic nitrogens is 1. The molecule has 4 nitrogen and oxygen atoms in total. The van der Waals surface area contributed by atoms with Crippen LogP contribution < -0.4 is 4.90 Å². The van der Waals surface area contributed by atoms with Gasteiger partial charge in [0, 0.05) is 24.4 Å². The molecule has 1 aromatic rings. The predicted octanol–water partition coefficient (Wildman–Crippen LogP) is 3.65. The summed E-state index contributed by atoms with van der Waals surface area (Å²) < 4.78 is 4.96. The number of carbonyl (C=O) groups excluding carboxylic acids is 1. The Bertz CT molecular complexity index is 455. The molecule has 0 radical (unpaired) electrons. The number of anilines is 1. The number of aryl methyl sites for hydroxylation is 1. The van der Waals surface area contributed by atoms with E-state index < -0.39 is 0 Å². The minimum Gasteiger partial charge on any atom is -0.466 e. The van der Waals surface area contributed by atoms with Gasteiger partial charge in [-0.1, -0.05) is 13.8 Å². The lowest BCUT2D eigenvalue weighted by molar-refractivity contribution is -0.143. The van der Waals surface area contributed by atoms with E-state index in [0.29, 0.717) is 25.5 Å². The van der Waals surface area contributed by atoms with Crippen molar-refractivity contribution in [1.29, 1.82) is 0 Å². The quantitative estimate of drug-likeness (QED) is 0.653. The highest BCUT2D eigenvalue weighted by atomic mass is 32.1. The molecule has 0 N–H and O–H groups in total. The van der Waals surface area contributed by atoms with Crippen molar-refractivity contribution in [1.82, 2.24) is 4.98 Å². The van der Waals surface area contributed by atoms with Crippen LogP contribution in [0, 0.1) is 5.92 Å². The molecule has 21 heavy (non-hydrogen) atoms. The number of ether oxygens (including phenoxy) is 1. The Labute approximate surface area is 131 Å². The molecule has 0 saturated heterocycles. The van der Waals surface area contributed by atoms with Crippen LogP contribution in [0.15, 0.2) is 5.38 Å². The van der Waals surface area contributed by atoms with Gasteiger partial charge in [-0.3, -0.25) is 4.79 Å². The first kappa shape index (κ1) is 16.3. The number of hydrogen-bond acceptors (Lipinski definition) is 5. The summed E-state index contributed by atoms with van der Waals surface area (Å²) >= 11 is 1.71. The minimum absolute atomic E-state index is 0.133. The molecular formula is C16H26N2O2S. The van der Waals surface area contributed by atoms with Crippen LogP contribution in [-0.4, -0.2) is 30.1 Å². The number of thiazole rings is 1. The van der Waals surface area contributed by atoms with E-state index in [4.69, 9.17) is 9.72 Å². The fourth-order valence-electron chi connectivity index (χ4n) is 2.22. The maximum Gasteiger partial charge on any atom is 0.306 e. The first-order valence-corrected chi connectivity index (χ1v) is 8.84. The van der Waals surface area contributed by atoms with Gasteiger partial charge in [-0.2, -0.15) is 0 Å². The molecule has 0 atom stereocenters. The Morgan fingerprint density at radius 3 is 2.90 bits per heavy atom. The molecule has 1 fully saturated rings. The number of hydrogen-bond donors (Lipinski definition) is 0. The van der Waals surface area contributed by atoms with Crippen molar-refractivity contribution in [3.8, 4) is 0 Å². The molecule has 1 aliphatic rings. The summed E-state index contributed by atoms with van der Waals surface area (Å²) in [5.74, 6) is 0.584. The summed E-state index contributed by atoms with van der Waals surface area (Å²) in [6, 6.07) is 0.688. The highest BCUT2D eigenvalue weighted by Gasteiger charge is 2.30. The van der Waals surface area contributed by atoms with Gasteiger partial charge in [0.1, 0.15) is 0 Å². The maximum atomic E-state index is 11.4. The Morgan fingerprint density at radius 1 is 1.52 bits per heavy atom. The summed E-state index contributed by atoms with van der Waals surface area (Å²) in [7, 11) is 0. The normalized spacial score (nSPS) is 14.5. The second-order valence-electron chi connectivity index (χ2n) is 6.03. The summed E-state index contributed by atoms with van der Waals surface area (Å²) in [4.78, 5) is 18.6. The van der Waals surface area contributed by atoms with Gasteiger partial charge in [0.2, 0.25) is 0 Å². The molecule has 0 aliphatic heterocycles. The van der Waals surface area contributed by atoms with Crippen molar-refractivity contribution >= 4 is 22.4 Å². The van der Waals surface area contributed by atoms with Gasteiger partial charge in [-0.25, -0.2) is 4.98 Å². The van der Waals surface area contributed by atoms with Gasteiger partial charge >= 0.3 is 5.97 Å². The summed E-state index contributed by atoms with van der Waals surface area (Å²) in [6.07, 6.45) is 4.88. The molecule has 5 heteroatoms. The second kappa shape index (κ2) is 7.78. The van der Waals surface area contributed by atoms with Crippen molar-refractivity contribution < 1.29 is 9.53 Å². The van der Waals surface area contributed by atoms with Crippen LogP contribution in [0.25, 0.3) is 0 Å². The van der Waals surface area contributed by atoms with Crippen LogP contribution in [0.1, 0.15) is 52.1 Å². The highest BCUT2D eigenvalue weighted by Crippen LogP contribution is 2.34. The van der Waals surface area contributed by atoms with Gasteiger partial charge in [0.05, 0.1) is 18.7 Å². The fraction of sp³-hybridized carbons (Fsp3) is 0.750. The zero-order valence-electron chi connectivity index (χ0n) is 13.3. The molecule has 1 aliphatic carbocycles. The topological polar surface area (TPSA) is 42.4 Å². The first-order chi connectivity index (χ1) is 10.1. The summed E-state index contributed by atoms with van der Waals surface area (Å²) in [5.41, 5.74) is 1.01. The zero-order chi connectivity index (χ0) is 15.2. The van der Waals surface area contributed by atoms with E-state index in [1.54, 1.807) is 11.3 Å². The van der Waals surface area contributed by atoms with Crippen molar-refractivity contribution in [3.05, 3.63) is 11.1 Å². The average molecular weight is 310 g/mol. The highest BCUT2D eigenvalue weighted by molar-refractivity contribution is 7.13. The second-order valence-corrected chi connectivity index (χ2v) is 6.87. The van der Waals surface area contributed by atoms with Crippen LogP contribution in [0.4, 0.5) is 5.13 Å². The largest absolute Gasteiger partial charge is 0.466 e. The molecule has 0 unspecified atom stereocenters. The number of esters is 1. The number of carbonyl (C=O) groups is 1. The van der Waals surface area contributed by atoms with E-state index in [1.807, 2.05) is 6.92 Å². The van der Waals surface area contributed by atoms with E-state index in [9.17, 15) is 4.79 Å². The van der Waals surface area contributed by atoms with E-state index in [0.717, 1.165) is 23.3 Å². The van der Waals surface area contributed by atoms with Gasteiger partial charge in [-0.05, 0) is 32.1 Å².